The molecule has 0 aliphatic carbocycles. The molecule has 0 bridgehead atoms. The maximum Gasteiger partial charge on any atom is 0.251 e. The minimum atomic E-state index is -3.55. The summed E-state index contributed by atoms with van der Waals surface area (Å²) < 4.78 is 31.5. The van der Waals surface area contributed by atoms with Gasteiger partial charge in [0.2, 0.25) is 10.0 Å². The van der Waals surface area contributed by atoms with Gasteiger partial charge in [-0.2, -0.15) is 0 Å². The minimum absolute atomic E-state index is 0.131. The van der Waals surface area contributed by atoms with Gasteiger partial charge in [-0.1, -0.05) is 61.5 Å². The molecule has 7 heteroatoms. The van der Waals surface area contributed by atoms with Crippen LogP contribution in [0.25, 0.3) is 0 Å². The monoisotopic (exact) mass is 452 g/mol. The van der Waals surface area contributed by atoms with Gasteiger partial charge >= 0.3 is 0 Å². The van der Waals surface area contributed by atoms with Crippen LogP contribution < -0.4 is 14.4 Å². The number of anilines is 1. The van der Waals surface area contributed by atoms with E-state index < -0.39 is 10.0 Å². The Morgan fingerprint density at radius 2 is 1.59 bits per heavy atom. The number of rotatable bonds is 9. The van der Waals surface area contributed by atoms with Crippen molar-refractivity contribution in [2.24, 2.45) is 0 Å². The van der Waals surface area contributed by atoms with Crippen LogP contribution in [-0.4, -0.2) is 34.2 Å². The number of sulfonamides is 1. The first-order chi connectivity index (χ1) is 15.3. The molecule has 6 nitrogen and oxygen atoms in total. The van der Waals surface area contributed by atoms with Gasteiger partial charge in [0.15, 0.2) is 0 Å². The van der Waals surface area contributed by atoms with Crippen LogP contribution in [0, 0.1) is 0 Å². The Kier molecular flexibility index (Phi) is 7.53. The van der Waals surface area contributed by atoms with Crippen molar-refractivity contribution in [1.82, 2.24) is 5.32 Å². The molecule has 0 saturated heterocycles. The summed E-state index contributed by atoms with van der Waals surface area (Å²) in [5.74, 6) is 0.508. The fourth-order valence-electron chi connectivity index (χ4n) is 3.39. The van der Waals surface area contributed by atoms with Crippen LogP contribution in [0.15, 0.2) is 78.9 Å². The fraction of sp³-hybridized carbons (Fsp3) is 0.240. The molecule has 1 atom stereocenters. The number of carbonyl (C=O) groups is 1. The summed E-state index contributed by atoms with van der Waals surface area (Å²) in [5.41, 5.74) is 2.92. The normalized spacial score (nSPS) is 12.1. The van der Waals surface area contributed by atoms with Crippen LogP contribution in [-0.2, 0) is 16.6 Å². The van der Waals surface area contributed by atoms with Crippen molar-refractivity contribution >= 4 is 21.6 Å². The Bertz CT molecular complexity index is 1150. The Hall–Kier alpha value is -3.32. The standard InChI is InChI=1S/C25H28N2O4S/c1-19(21-9-5-4-6-10-21)17-26-25(28)22-15-13-20(14-16-22)18-27(32(3,29)30)23-11-7-8-12-24(23)31-2/h4-16,19H,17-18H2,1-3H3,(H,26,28)/t19-/m1/s1. The molecule has 0 aliphatic heterocycles. The zero-order chi connectivity index (χ0) is 23.1. The first-order valence-corrected chi connectivity index (χ1v) is 12.2. The molecule has 0 saturated carbocycles. The second kappa shape index (κ2) is 10.3. The maximum atomic E-state index is 12.5. The van der Waals surface area contributed by atoms with Crippen LogP contribution in [0.5, 0.6) is 5.75 Å². The van der Waals surface area contributed by atoms with Crippen molar-refractivity contribution in [3.8, 4) is 5.75 Å². The van der Waals surface area contributed by atoms with Crippen molar-refractivity contribution in [2.45, 2.75) is 19.4 Å². The van der Waals surface area contributed by atoms with E-state index in [1.54, 1.807) is 48.5 Å². The molecular formula is C25H28N2O4S. The van der Waals surface area contributed by atoms with Crippen molar-refractivity contribution in [1.29, 1.82) is 0 Å². The summed E-state index contributed by atoms with van der Waals surface area (Å²) in [4.78, 5) is 12.5. The topological polar surface area (TPSA) is 75.7 Å². The van der Waals surface area contributed by atoms with E-state index in [0.29, 0.717) is 23.5 Å². The Morgan fingerprint density at radius 3 is 2.22 bits per heavy atom. The Morgan fingerprint density at radius 1 is 0.969 bits per heavy atom. The van der Waals surface area contributed by atoms with Crippen LogP contribution in [0.4, 0.5) is 5.69 Å². The summed E-state index contributed by atoms with van der Waals surface area (Å²) in [7, 11) is -2.04. The Labute approximate surface area is 189 Å². The molecule has 0 aliphatic rings. The van der Waals surface area contributed by atoms with Gasteiger partial charge in [-0.05, 0) is 41.3 Å². The average Bonchev–Trinajstić information content (AvgIpc) is 2.81. The largest absolute Gasteiger partial charge is 0.495 e. The number of para-hydroxylation sites is 2. The minimum Gasteiger partial charge on any atom is -0.495 e. The molecule has 0 fully saturated rings. The molecule has 32 heavy (non-hydrogen) atoms. The molecule has 0 radical (unpaired) electrons. The highest BCUT2D eigenvalue weighted by atomic mass is 32.2. The third kappa shape index (κ3) is 5.88. The zero-order valence-electron chi connectivity index (χ0n) is 18.5. The van der Waals surface area contributed by atoms with E-state index in [-0.39, 0.29) is 18.4 Å². The Balaban J connectivity index is 1.69. The van der Waals surface area contributed by atoms with Crippen molar-refractivity contribution < 1.29 is 17.9 Å². The summed E-state index contributed by atoms with van der Waals surface area (Å²) in [5, 5.41) is 2.96. The highest BCUT2D eigenvalue weighted by Crippen LogP contribution is 2.30. The van der Waals surface area contributed by atoms with Gasteiger partial charge in [-0.25, -0.2) is 8.42 Å². The smallest absolute Gasteiger partial charge is 0.251 e. The lowest BCUT2D eigenvalue weighted by Crippen LogP contribution is -2.30. The second-order valence-electron chi connectivity index (χ2n) is 7.66. The molecule has 1 amide bonds. The second-order valence-corrected chi connectivity index (χ2v) is 9.57. The van der Waals surface area contributed by atoms with Crippen molar-refractivity contribution in [2.75, 3.05) is 24.2 Å². The number of hydrogen-bond acceptors (Lipinski definition) is 4. The molecule has 1 N–H and O–H groups in total. The predicted molar refractivity (Wildman–Crippen MR) is 128 cm³/mol. The number of benzene rings is 3. The quantitative estimate of drug-likeness (QED) is 0.528. The van der Waals surface area contributed by atoms with E-state index in [1.165, 1.54) is 17.0 Å². The molecule has 0 unspecified atom stereocenters. The van der Waals surface area contributed by atoms with E-state index in [9.17, 15) is 13.2 Å². The maximum absolute atomic E-state index is 12.5. The molecule has 3 aromatic rings. The average molecular weight is 453 g/mol. The molecule has 3 aromatic carbocycles. The predicted octanol–water partition coefficient (Wildman–Crippen LogP) is 4.19. The summed E-state index contributed by atoms with van der Waals surface area (Å²) in [6.07, 6.45) is 1.16. The van der Waals surface area contributed by atoms with Gasteiger partial charge in [0.25, 0.3) is 5.91 Å². The zero-order valence-corrected chi connectivity index (χ0v) is 19.3. The lowest BCUT2D eigenvalue weighted by atomic mass is 10.0. The SMILES string of the molecule is COc1ccccc1N(Cc1ccc(C(=O)NC[C@@H](C)c2ccccc2)cc1)S(C)(=O)=O. The number of methoxy groups -OCH3 is 1. The van der Waals surface area contributed by atoms with E-state index >= 15 is 0 Å². The van der Waals surface area contributed by atoms with Crippen LogP contribution >= 0.6 is 0 Å². The van der Waals surface area contributed by atoms with E-state index in [2.05, 4.69) is 12.2 Å². The lowest BCUT2D eigenvalue weighted by molar-refractivity contribution is 0.0951. The molecule has 0 spiro atoms. The van der Waals surface area contributed by atoms with Crippen LogP contribution in [0.3, 0.4) is 0 Å². The van der Waals surface area contributed by atoms with Gasteiger partial charge in [0.05, 0.1) is 25.6 Å². The number of carbonyl (C=O) groups excluding carboxylic acids is 1. The molecule has 168 valence electrons. The van der Waals surface area contributed by atoms with E-state index in [4.69, 9.17) is 4.74 Å². The number of nitrogens with zero attached hydrogens (tertiary/aromatic N) is 1. The molecular weight excluding hydrogens is 424 g/mol. The first-order valence-electron chi connectivity index (χ1n) is 10.3. The van der Waals surface area contributed by atoms with Crippen molar-refractivity contribution in [3.63, 3.8) is 0 Å². The summed E-state index contributed by atoms with van der Waals surface area (Å²) >= 11 is 0. The third-order valence-electron chi connectivity index (χ3n) is 5.23. The highest BCUT2D eigenvalue weighted by molar-refractivity contribution is 7.92. The highest BCUT2D eigenvalue weighted by Gasteiger charge is 2.21. The van der Waals surface area contributed by atoms with Crippen LogP contribution in [0.1, 0.15) is 34.3 Å². The van der Waals surface area contributed by atoms with Gasteiger partial charge in [-0.3, -0.25) is 9.10 Å². The number of amides is 1. The van der Waals surface area contributed by atoms with Gasteiger partial charge in [0, 0.05) is 12.1 Å². The fourth-order valence-corrected chi connectivity index (χ4v) is 4.28. The number of ether oxygens (including phenoxy) is 1. The van der Waals surface area contributed by atoms with E-state index in [1.807, 2.05) is 30.3 Å². The number of nitrogens with one attached hydrogen (secondary N) is 1. The third-order valence-corrected chi connectivity index (χ3v) is 6.36. The van der Waals surface area contributed by atoms with Gasteiger partial charge < -0.3 is 10.1 Å². The molecule has 0 aromatic heterocycles. The first kappa shape index (κ1) is 23.3. The lowest BCUT2D eigenvalue weighted by Gasteiger charge is -2.24. The van der Waals surface area contributed by atoms with Crippen LogP contribution in [0.2, 0.25) is 0 Å². The van der Waals surface area contributed by atoms with Gasteiger partial charge in [0.1, 0.15) is 5.75 Å². The number of hydrogen-bond donors (Lipinski definition) is 1. The van der Waals surface area contributed by atoms with E-state index in [0.717, 1.165) is 11.8 Å². The summed E-state index contributed by atoms with van der Waals surface area (Å²) in [6, 6.07) is 23.9. The van der Waals surface area contributed by atoms with Crippen molar-refractivity contribution in [3.05, 3.63) is 95.6 Å². The molecule has 3 rings (SSSR count). The molecule has 0 heterocycles. The van der Waals surface area contributed by atoms with Gasteiger partial charge in [-0.15, -0.1) is 0 Å². The summed E-state index contributed by atoms with van der Waals surface area (Å²) in [6.45, 7) is 2.72.